The van der Waals surface area contributed by atoms with Crippen LogP contribution >= 0.6 is 11.6 Å². The molecule has 1 rings (SSSR count). The summed E-state index contributed by atoms with van der Waals surface area (Å²) >= 11 is 5.60. The first-order valence-electron chi connectivity index (χ1n) is 4.67. The Bertz CT molecular complexity index is 313. The van der Waals surface area contributed by atoms with Crippen molar-refractivity contribution in [2.24, 2.45) is 0 Å². The van der Waals surface area contributed by atoms with E-state index in [0.717, 1.165) is 0 Å². The van der Waals surface area contributed by atoms with Gasteiger partial charge in [0.05, 0.1) is 25.7 Å². The average molecular weight is 230 g/mol. The predicted molar refractivity (Wildman–Crippen MR) is 54.1 cm³/mol. The fraction of sp³-hybridized carbons (Fsp3) is 0.667. The maximum atomic E-state index is 11.5. The van der Waals surface area contributed by atoms with E-state index in [1.807, 2.05) is 13.0 Å². The van der Waals surface area contributed by atoms with Crippen LogP contribution in [0.1, 0.15) is 6.92 Å². The van der Waals surface area contributed by atoms with Crippen molar-refractivity contribution in [2.75, 3.05) is 26.2 Å². The number of nitrogens with zero attached hydrogens (tertiary/aromatic N) is 3. The Kier molecular flexibility index (Phi) is 3.92. The highest BCUT2D eigenvalue weighted by molar-refractivity contribution is 6.22. The Morgan fingerprint density at radius 3 is 2.47 bits per heavy atom. The van der Waals surface area contributed by atoms with Crippen LogP contribution in [-0.2, 0) is 9.59 Å². The van der Waals surface area contributed by atoms with E-state index in [4.69, 9.17) is 16.9 Å². The minimum absolute atomic E-state index is 0.0254. The normalized spacial score (nSPS) is 19.0. The molecule has 1 aliphatic rings. The molecular weight excluding hydrogens is 218 g/mol. The van der Waals surface area contributed by atoms with Crippen LogP contribution in [-0.4, -0.2) is 53.2 Å². The van der Waals surface area contributed by atoms with Gasteiger partial charge in [-0.3, -0.25) is 9.59 Å². The van der Waals surface area contributed by atoms with Crippen LogP contribution in [0, 0.1) is 11.3 Å². The lowest BCUT2D eigenvalue weighted by Gasteiger charge is -2.33. The van der Waals surface area contributed by atoms with Crippen molar-refractivity contribution < 1.29 is 9.59 Å². The summed E-state index contributed by atoms with van der Waals surface area (Å²) in [6.45, 7) is 2.57. The molecule has 0 spiro atoms. The number of carbonyl (C=O) groups is 2. The second-order valence-corrected chi connectivity index (χ2v) is 3.81. The number of amides is 2. The number of carbonyl (C=O) groups excluding carboxylic acids is 2. The monoisotopic (exact) mass is 229 g/mol. The van der Waals surface area contributed by atoms with Gasteiger partial charge in [0.25, 0.3) is 0 Å². The van der Waals surface area contributed by atoms with Crippen LogP contribution in [0.2, 0.25) is 0 Å². The summed E-state index contributed by atoms with van der Waals surface area (Å²) in [5, 5.41) is 7.75. The number of rotatable bonds is 3. The van der Waals surface area contributed by atoms with Crippen molar-refractivity contribution in [3.63, 3.8) is 0 Å². The van der Waals surface area contributed by atoms with E-state index in [9.17, 15) is 9.59 Å². The van der Waals surface area contributed by atoms with Gasteiger partial charge in [0, 0.05) is 6.54 Å². The number of piperazine rings is 1. The van der Waals surface area contributed by atoms with Gasteiger partial charge in [-0.05, 0) is 6.92 Å². The minimum Gasteiger partial charge on any atom is -0.332 e. The highest BCUT2D eigenvalue weighted by atomic mass is 35.5. The maximum Gasteiger partial charge on any atom is 0.242 e. The van der Waals surface area contributed by atoms with E-state index in [-0.39, 0.29) is 31.4 Å². The molecule has 0 aromatic carbocycles. The molecule has 0 aromatic heterocycles. The molecule has 5 nitrogen and oxygen atoms in total. The summed E-state index contributed by atoms with van der Waals surface area (Å²) in [6, 6.07) is 1.82. The van der Waals surface area contributed by atoms with Crippen molar-refractivity contribution in [2.45, 2.75) is 12.3 Å². The van der Waals surface area contributed by atoms with Gasteiger partial charge in [-0.2, -0.15) is 5.26 Å². The largest absolute Gasteiger partial charge is 0.332 e. The molecule has 1 unspecified atom stereocenters. The third-order valence-electron chi connectivity index (χ3n) is 2.26. The molecule has 0 bridgehead atoms. The van der Waals surface area contributed by atoms with Gasteiger partial charge in [0.15, 0.2) is 0 Å². The average Bonchev–Trinajstić information content (AvgIpc) is 2.22. The Balaban J connectivity index is 2.60. The number of hydrogen-bond donors (Lipinski definition) is 0. The molecule has 1 heterocycles. The van der Waals surface area contributed by atoms with Gasteiger partial charge < -0.3 is 9.80 Å². The van der Waals surface area contributed by atoms with E-state index in [0.29, 0.717) is 6.54 Å². The number of alkyl halides is 1. The third kappa shape index (κ3) is 2.83. The number of hydrogen-bond acceptors (Lipinski definition) is 3. The molecule has 1 atom stereocenters. The van der Waals surface area contributed by atoms with Crippen LogP contribution < -0.4 is 0 Å². The van der Waals surface area contributed by atoms with Crippen LogP contribution in [0.3, 0.4) is 0 Å². The molecule has 1 saturated heterocycles. The lowest BCUT2D eigenvalue weighted by atomic mass is 10.2. The predicted octanol–water partition coefficient (Wildman–Crippen LogP) is -0.192. The van der Waals surface area contributed by atoms with Crippen LogP contribution in [0.4, 0.5) is 0 Å². The highest BCUT2D eigenvalue weighted by Gasteiger charge is 2.29. The topological polar surface area (TPSA) is 64.4 Å². The second-order valence-electron chi connectivity index (χ2n) is 3.28. The van der Waals surface area contributed by atoms with Crippen molar-refractivity contribution in [1.29, 1.82) is 5.26 Å². The van der Waals surface area contributed by atoms with Crippen LogP contribution in [0.5, 0.6) is 0 Å². The SMILES string of the molecule is CCN1CC(=O)N(CC(Cl)C#N)CC1=O. The molecule has 0 N–H and O–H groups in total. The summed E-state index contributed by atoms with van der Waals surface area (Å²) < 4.78 is 0. The Labute approximate surface area is 93.2 Å². The highest BCUT2D eigenvalue weighted by Crippen LogP contribution is 2.07. The zero-order chi connectivity index (χ0) is 11.4. The van der Waals surface area contributed by atoms with Crippen LogP contribution in [0.15, 0.2) is 0 Å². The molecule has 15 heavy (non-hydrogen) atoms. The van der Waals surface area contributed by atoms with Gasteiger partial charge in [0.1, 0.15) is 5.38 Å². The molecule has 1 aliphatic heterocycles. The number of nitriles is 1. The van der Waals surface area contributed by atoms with E-state index >= 15 is 0 Å². The van der Waals surface area contributed by atoms with E-state index in [1.165, 1.54) is 9.80 Å². The lowest BCUT2D eigenvalue weighted by Crippen LogP contribution is -2.54. The second kappa shape index (κ2) is 4.99. The first-order valence-corrected chi connectivity index (χ1v) is 5.11. The zero-order valence-electron chi connectivity index (χ0n) is 8.44. The number of halogens is 1. The fourth-order valence-corrected chi connectivity index (χ4v) is 1.56. The first kappa shape index (κ1) is 11.8. The molecule has 82 valence electrons. The van der Waals surface area contributed by atoms with Crippen molar-refractivity contribution in [1.82, 2.24) is 9.80 Å². The quantitative estimate of drug-likeness (QED) is 0.630. The molecular formula is C9H12ClN3O2. The molecule has 6 heteroatoms. The van der Waals surface area contributed by atoms with E-state index < -0.39 is 5.38 Å². The summed E-state index contributed by atoms with van der Waals surface area (Å²) in [7, 11) is 0. The van der Waals surface area contributed by atoms with Gasteiger partial charge >= 0.3 is 0 Å². The van der Waals surface area contributed by atoms with Gasteiger partial charge in [0.2, 0.25) is 11.8 Å². The molecule has 0 aliphatic carbocycles. The van der Waals surface area contributed by atoms with Crippen LogP contribution in [0.25, 0.3) is 0 Å². The molecule has 0 saturated carbocycles. The van der Waals surface area contributed by atoms with Gasteiger partial charge in [-0.1, -0.05) is 0 Å². The Morgan fingerprint density at radius 2 is 1.93 bits per heavy atom. The van der Waals surface area contributed by atoms with E-state index in [1.54, 1.807) is 0 Å². The molecule has 1 fully saturated rings. The Morgan fingerprint density at radius 1 is 1.40 bits per heavy atom. The lowest BCUT2D eigenvalue weighted by molar-refractivity contribution is -0.149. The summed E-state index contributed by atoms with van der Waals surface area (Å²) in [6.07, 6.45) is 0. The smallest absolute Gasteiger partial charge is 0.242 e. The number of likely N-dealkylation sites (N-methyl/N-ethyl adjacent to an activating group) is 1. The summed E-state index contributed by atoms with van der Waals surface area (Å²) in [4.78, 5) is 25.8. The van der Waals surface area contributed by atoms with Crippen molar-refractivity contribution in [3.8, 4) is 6.07 Å². The first-order chi connectivity index (χ1) is 7.08. The van der Waals surface area contributed by atoms with Gasteiger partial charge in [-0.15, -0.1) is 11.6 Å². The minimum atomic E-state index is -0.755. The van der Waals surface area contributed by atoms with E-state index in [2.05, 4.69) is 0 Å². The molecule has 0 radical (unpaired) electrons. The van der Waals surface area contributed by atoms with Crippen molar-refractivity contribution >= 4 is 23.4 Å². The third-order valence-corrected chi connectivity index (χ3v) is 2.50. The summed E-state index contributed by atoms with van der Waals surface area (Å²) in [5.41, 5.74) is 0. The Hall–Kier alpha value is -1.28. The molecule has 2 amide bonds. The van der Waals surface area contributed by atoms with Gasteiger partial charge in [-0.25, -0.2) is 0 Å². The standard InChI is InChI=1S/C9H12ClN3O2/c1-2-12-5-9(15)13(6-8(12)14)4-7(10)3-11/h7H,2,4-6H2,1H3. The maximum absolute atomic E-state index is 11.5. The molecule has 0 aromatic rings. The van der Waals surface area contributed by atoms with Crippen molar-refractivity contribution in [3.05, 3.63) is 0 Å². The summed E-state index contributed by atoms with van der Waals surface area (Å²) in [5.74, 6) is -0.253. The zero-order valence-corrected chi connectivity index (χ0v) is 9.20. The fourth-order valence-electron chi connectivity index (χ4n) is 1.39.